The first-order valence-corrected chi connectivity index (χ1v) is 9.81. The van der Waals surface area contributed by atoms with Gasteiger partial charge in [0.1, 0.15) is 18.0 Å². The number of benzene rings is 1. The van der Waals surface area contributed by atoms with Crippen LogP contribution in [0.3, 0.4) is 0 Å². The van der Waals surface area contributed by atoms with E-state index in [9.17, 15) is 17.6 Å². The van der Waals surface area contributed by atoms with Gasteiger partial charge in [0, 0.05) is 7.05 Å². The molecule has 140 valence electrons. The molecule has 2 amide bonds. The molecule has 2 aromatic rings. The number of rotatable bonds is 6. The number of hydrogen-bond donors (Lipinski definition) is 3. The maximum Gasteiger partial charge on any atom is 0.319 e. The van der Waals surface area contributed by atoms with Gasteiger partial charge >= 0.3 is 6.03 Å². The van der Waals surface area contributed by atoms with E-state index in [4.69, 9.17) is 0 Å². The van der Waals surface area contributed by atoms with Crippen molar-refractivity contribution >= 4 is 27.4 Å². The second-order valence-electron chi connectivity index (χ2n) is 6.22. The van der Waals surface area contributed by atoms with E-state index in [1.807, 2.05) is 0 Å². The number of nitrogens with one attached hydrogen (secondary N) is 3. The molecular formula is C15H19FN6O3S. The Kier molecular flexibility index (Phi) is 4.81. The van der Waals surface area contributed by atoms with Crippen LogP contribution in [0.25, 0.3) is 0 Å². The van der Waals surface area contributed by atoms with Crippen molar-refractivity contribution < 1.29 is 17.6 Å². The highest BCUT2D eigenvalue weighted by atomic mass is 32.2. The molecule has 11 heteroatoms. The molecule has 1 aromatic carbocycles. The van der Waals surface area contributed by atoms with Crippen molar-refractivity contribution in [3.05, 3.63) is 36.2 Å². The van der Waals surface area contributed by atoms with Crippen molar-refractivity contribution in [3.8, 4) is 0 Å². The number of hydrogen-bond acceptors (Lipinski definition) is 5. The molecule has 1 saturated carbocycles. The number of carbonyl (C=O) groups is 1. The molecule has 26 heavy (non-hydrogen) atoms. The molecular weight excluding hydrogens is 363 g/mol. The molecule has 0 radical (unpaired) electrons. The molecule has 3 rings (SSSR count). The normalized spacial score (nSPS) is 15.3. The van der Waals surface area contributed by atoms with Gasteiger partial charge in [-0.25, -0.2) is 22.6 Å². The Balaban J connectivity index is 1.73. The zero-order chi connectivity index (χ0) is 18.9. The standard InChI is InChI=1S/C15H19FN6O3S/c1-22-14(17-8-18-22)13(9-3-4-9)20-15(23)19-12-7-10(5-6-11(12)16)21-26(2,24)25/h5-9,13,21H,3-4H2,1-2H3,(H2,19,20,23)/t13-/m1/s1. The second-order valence-corrected chi connectivity index (χ2v) is 7.97. The van der Waals surface area contributed by atoms with E-state index in [1.54, 1.807) is 11.7 Å². The Hall–Kier alpha value is -2.69. The summed E-state index contributed by atoms with van der Waals surface area (Å²) < 4.78 is 40.4. The second kappa shape index (κ2) is 6.90. The number of urea groups is 1. The van der Waals surface area contributed by atoms with Crippen LogP contribution in [0, 0.1) is 11.7 Å². The van der Waals surface area contributed by atoms with Crippen LogP contribution in [-0.4, -0.2) is 35.5 Å². The third-order valence-corrected chi connectivity index (χ3v) is 4.53. The van der Waals surface area contributed by atoms with Crippen LogP contribution in [0.4, 0.5) is 20.6 Å². The van der Waals surface area contributed by atoms with Gasteiger partial charge in [0.25, 0.3) is 0 Å². The Labute approximate surface area is 150 Å². The Morgan fingerprint density at radius 2 is 2.12 bits per heavy atom. The summed E-state index contributed by atoms with van der Waals surface area (Å²) in [6.07, 6.45) is 4.31. The van der Waals surface area contributed by atoms with E-state index in [1.165, 1.54) is 18.5 Å². The number of sulfonamides is 1. The van der Waals surface area contributed by atoms with Crippen LogP contribution < -0.4 is 15.4 Å². The van der Waals surface area contributed by atoms with Crippen LogP contribution in [0.15, 0.2) is 24.5 Å². The van der Waals surface area contributed by atoms with Crippen LogP contribution in [0.5, 0.6) is 0 Å². The molecule has 9 nitrogen and oxygen atoms in total. The third-order valence-electron chi connectivity index (χ3n) is 3.92. The first-order valence-electron chi connectivity index (χ1n) is 7.91. The minimum atomic E-state index is -3.51. The first-order chi connectivity index (χ1) is 12.2. The molecule has 1 aromatic heterocycles. The third kappa shape index (κ3) is 4.48. The molecule has 1 aliphatic carbocycles. The number of carbonyl (C=O) groups excluding carboxylic acids is 1. The summed E-state index contributed by atoms with van der Waals surface area (Å²) in [5.74, 6) is 0.197. The highest BCUT2D eigenvalue weighted by molar-refractivity contribution is 7.92. The van der Waals surface area contributed by atoms with Gasteiger partial charge in [-0.3, -0.25) is 9.40 Å². The predicted molar refractivity (Wildman–Crippen MR) is 93.5 cm³/mol. The smallest absolute Gasteiger partial charge is 0.319 e. The van der Waals surface area contributed by atoms with Gasteiger partial charge in [-0.1, -0.05) is 0 Å². The summed E-state index contributed by atoms with van der Waals surface area (Å²) >= 11 is 0. The fraction of sp³-hybridized carbons (Fsp3) is 0.400. The molecule has 1 heterocycles. The number of anilines is 2. The van der Waals surface area contributed by atoms with Crippen molar-refractivity contribution in [2.24, 2.45) is 13.0 Å². The number of aromatic nitrogens is 3. The topological polar surface area (TPSA) is 118 Å². The Bertz CT molecular complexity index is 925. The zero-order valence-electron chi connectivity index (χ0n) is 14.2. The van der Waals surface area contributed by atoms with Crippen molar-refractivity contribution in [2.45, 2.75) is 18.9 Å². The monoisotopic (exact) mass is 382 g/mol. The van der Waals surface area contributed by atoms with Crippen LogP contribution in [0.1, 0.15) is 24.7 Å². The van der Waals surface area contributed by atoms with Crippen LogP contribution in [0.2, 0.25) is 0 Å². The van der Waals surface area contributed by atoms with E-state index < -0.39 is 21.9 Å². The van der Waals surface area contributed by atoms with Gasteiger partial charge in [0.15, 0.2) is 0 Å². The summed E-state index contributed by atoms with van der Waals surface area (Å²) in [7, 11) is -1.78. The van der Waals surface area contributed by atoms with Gasteiger partial charge < -0.3 is 10.6 Å². The molecule has 1 aliphatic rings. The molecule has 0 spiro atoms. The average molecular weight is 382 g/mol. The van der Waals surface area contributed by atoms with Gasteiger partial charge in [-0.2, -0.15) is 5.10 Å². The van der Waals surface area contributed by atoms with E-state index in [2.05, 4.69) is 25.4 Å². The van der Waals surface area contributed by atoms with Gasteiger partial charge in [0.05, 0.1) is 23.7 Å². The first kappa shape index (κ1) is 18.1. The molecule has 0 bridgehead atoms. The summed E-state index contributed by atoms with van der Waals surface area (Å²) in [4.78, 5) is 16.5. The fourth-order valence-corrected chi connectivity index (χ4v) is 3.16. The van der Waals surface area contributed by atoms with Crippen molar-refractivity contribution in [2.75, 3.05) is 16.3 Å². The molecule has 0 saturated heterocycles. The maximum absolute atomic E-state index is 14.0. The summed E-state index contributed by atoms with van der Waals surface area (Å²) in [6.45, 7) is 0. The minimum absolute atomic E-state index is 0.135. The lowest BCUT2D eigenvalue weighted by Gasteiger charge is -2.18. The van der Waals surface area contributed by atoms with E-state index >= 15 is 0 Å². The lowest BCUT2D eigenvalue weighted by atomic mass is 10.2. The lowest BCUT2D eigenvalue weighted by Crippen LogP contribution is -2.35. The fourth-order valence-electron chi connectivity index (χ4n) is 2.61. The van der Waals surface area contributed by atoms with Crippen molar-refractivity contribution in [1.82, 2.24) is 20.1 Å². The van der Waals surface area contributed by atoms with Crippen molar-refractivity contribution in [1.29, 1.82) is 0 Å². The quantitative estimate of drug-likeness (QED) is 0.701. The lowest BCUT2D eigenvalue weighted by molar-refractivity contribution is 0.246. The minimum Gasteiger partial charge on any atom is -0.328 e. The molecule has 1 fully saturated rings. The van der Waals surface area contributed by atoms with E-state index in [-0.39, 0.29) is 23.3 Å². The van der Waals surface area contributed by atoms with E-state index in [0.29, 0.717) is 5.82 Å². The molecule has 1 atom stereocenters. The van der Waals surface area contributed by atoms with Crippen LogP contribution in [-0.2, 0) is 17.1 Å². The Morgan fingerprint density at radius 1 is 1.38 bits per heavy atom. The number of amides is 2. The molecule has 3 N–H and O–H groups in total. The van der Waals surface area contributed by atoms with Crippen LogP contribution >= 0.6 is 0 Å². The molecule has 0 aliphatic heterocycles. The Morgan fingerprint density at radius 3 is 2.69 bits per heavy atom. The summed E-state index contributed by atoms with van der Waals surface area (Å²) in [5.41, 5.74) is 0.0138. The highest BCUT2D eigenvalue weighted by Crippen LogP contribution is 2.40. The van der Waals surface area contributed by atoms with Crippen molar-refractivity contribution in [3.63, 3.8) is 0 Å². The summed E-state index contributed by atoms with van der Waals surface area (Å²) in [6, 6.07) is 2.61. The number of aryl methyl sites for hydroxylation is 1. The van der Waals surface area contributed by atoms with Gasteiger partial charge in [0.2, 0.25) is 10.0 Å². The predicted octanol–water partition coefficient (Wildman–Crippen LogP) is 1.60. The molecule has 0 unspecified atom stereocenters. The van der Waals surface area contributed by atoms with E-state index in [0.717, 1.165) is 25.2 Å². The summed E-state index contributed by atoms with van der Waals surface area (Å²) in [5, 5.41) is 9.21. The van der Waals surface area contributed by atoms with Gasteiger partial charge in [-0.05, 0) is 37.0 Å². The number of halogens is 1. The SMILES string of the molecule is Cn1ncnc1[C@H](NC(=O)Nc1cc(NS(C)(=O)=O)ccc1F)C1CC1. The largest absolute Gasteiger partial charge is 0.328 e. The number of nitrogens with zero attached hydrogens (tertiary/aromatic N) is 3. The van der Waals surface area contributed by atoms with Gasteiger partial charge in [-0.15, -0.1) is 0 Å². The zero-order valence-corrected chi connectivity index (χ0v) is 15.0. The highest BCUT2D eigenvalue weighted by Gasteiger charge is 2.36. The maximum atomic E-state index is 14.0. The average Bonchev–Trinajstić information content (AvgIpc) is 3.29.